The lowest BCUT2D eigenvalue weighted by molar-refractivity contribution is -0.178. The number of benzene rings is 2. The third-order valence-corrected chi connectivity index (χ3v) is 4.85. The van der Waals surface area contributed by atoms with Crippen molar-refractivity contribution in [3.63, 3.8) is 0 Å². The lowest BCUT2D eigenvalue weighted by Crippen LogP contribution is -2.45. The molecule has 4 N–H and O–H groups in total. The Balaban J connectivity index is 2.05. The Morgan fingerprint density at radius 1 is 1.06 bits per heavy atom. The lowest BCUT2D eigenvalue weighted by Gasteiger charge is -2.22. The van der Waals surface area contributed by atoms with E-state index in [1.54, 1.807) is 42.5 Å². The van der Waals surface area contributed by atoms with Crippen molar-refractivity contribution in [2.45, 2.75) is 43.9 Å². The summed E-state index contributed by atoms with van der Waals surface area (Å²) in [7, 11) is 0. The summed E-state index contributed by atoms with van der Waals surface area (Å²) in [6.45, 7) is -0.925. The Labute approximate surface area is 192 Å². The number of carbonyl (C=O) groups is 2. The number of rotatable bonds is 11. The molecule has 180 valence electrons. The van der Waals surface area contributed by atoms with Crippen LogP contribution in [0, 0.1) is 0 Å². The molecule has 1 unspecified atom stereocenters. The van der Waals surface area contributed by atoms with Gasteiger partial charge in [-0.1, -0.05) is 48.0 Å². The molecule has 0 fully saturated rings. The van der Waals surface area contributed by atoms with Crippen molar-refractivity contribution in [1.29, 1.82) is 0 Å². The van der Waals surface area contributed by atoms with Crippen molar-refractivity contribution in [3.05, 3.63) is 59.1 Å². The van der Waals surface area contributed by atoms with Gasteiger partial charge in [0.1, 0.15) is 0 Å². The van der Waals surface area contributed by atoms with E-state index in [9.17, 15) is 33.0 Å². The van der Waals surface area contributed by atoms with Gasteiger partial charge >= 0.3 is 12.1 Å². The van der Waals surface area contributed by atoms with Crippen LogP contribution in [-0.4, -0.2) is 58.4 Å². The number of aliphatic hydroxyl groups is 2. The minimum atomic E-state index is -4.51. The second kappa shape index (κ2) is 12.0. The molecule has 0 aliphatic carbocycles. The SMILES string of the molecule is O=C(N[C@H](Cc1ccc(-c2cccc(Cl)c2)cc1)C[C@@H](O)C(=O)O)C(O)OCCC(F)(F)F. The topological polar surface area (TPSA) is 116 Å². The van der Waals surface area contributed by atoms with Gasteiger partial charge < -0.3 is 25.4 Å². The number of aliphatic hydroxyl groups excluding tert-OH is 2. The van der Waals surface area contributed by atoms with Crippen LogP contribution in [0.15, 0.2) is 48.5 Å². The molecule has 3 atom stereocenters. The Bertz CT molecular complexity index is 938. The summed E-state index contributed by atoms with van der Waals surface area (Å²) >= 11 is 6.00. The van der Waals surface area contributed by atoms with Gasteiger partial charge in [-0.25, -0.2) is 4.79 Å². The predicted octanol–water partition coefficient (Wildman–Crippen LogP) is 3.16. The minimum absolute atomic E-state index is 0.0845. The number of nitrogens with one attached hydrogen (secondary N) is 1. The molecule has 11 heteroatoms. The molecule has 0 aromatic heterocycles. The minimum Gasteiger partial charge on any atom is -0.479 e. The maximum absolute atomic E-state index is 12.2. The highest BCUT2D eigenvalue weighted by molar-refractivity contribution is 6.30. The van der Waals surface area contributed by atoms with Crippen LogP contribution >= 0.6 is 11.6 Å². The van der Waals surface area contributed by atoms with E-state index in [4.69, 9.17) is 16.7 Å². The Hall–Kier alpha value is -2.66. The number of carboxylic acid groups (broad SMARTS) is 1. The maximum atomic E-state index is 12.2. The highest BCUT2D eigenvalue weighted by Gasteiger charge is 2.29. The zero-order valence-corrected chi connectivity index (χ0v) is 18.0. The number of carbonyl (C=O) groups excluding carboxylic acids is 1. The fourth-order valence-electron chi connectivity index (χ4n) is 2.98. The summed E-state index contributed by atoms with van der Waals surface area (Å²) in [5.74, 6) is -2.65. The molecule has 2 aromatic carbocycles. The van der Waals surface area contributed by atoms with Crippen molar-refractivity contribution in [2.75, 3.05) is 6.61 Å². The van der Waals surface area contributed by atoms with Crippen LogP contribution in [0.4, 0.5) is 13.2 Å². The smallest absolute Gasteiger partial charge is 0.391 e. The molecule has 0 spiro atoms. The number of hydrogen-bond donors (Lipinski definition) is 4. The third kappa shape index (κ3) is 9.39. The average molecular weight is 490 g/mol. The molecular formula is C22H23ClF3NO6. The normalized spacial score (nSPS) is 14.4. The van der Waals surface area contributed by atoms with Crippen LogP contribution in [0.1, 0.15) is 18.4 Å². The molecule has 0 heterocycles. The van der Waals surface area contributed by atoms with Crippen LogP contribution in [0.5, 0.6) is 0 Å². The molecule has 0 saturated heterocycles. The van der Waals surface area contributed by atoms with Gasteiger partial charge in [-0.3, -0.25) is 4.79 Å². The van der Waals surface area contributed by atoms with E-state index < -0.39 is 55.9 Å². The number of ether oxygens (including phenoxy) is 1. The van der Waals surface area contributed by atoms with Crippen molar-refractivity contribution in [3.8, 4) is 11.1 Å². The van der Waals surface area contributed by atoms with Gasteiger partial charge in [-0.05, 0) is 35.2 Å². The first-order valence-electron chi connectivity index (χ1n) is 9.87. The monoisotopic (exact) mass is 489 g/mol. The molecule has 7 nitrogen and oxygen atoms in total. The standard InChI is InChI=1S/C22H23ClF3NO6/c23-16-3-1-2-15(11-16)14-6-4-13(5-7-14)10-17(12-18(28)20(30)31)27-19(29)21(32)33-9-8-22(24,25)26/h1-7,11,17-18,21,28,32H,8-10,12H2,(H,27,29)(H,30,31)/t17-,18-,21?/m1/s1. The Morgan fingerprint density at radius 3 is 2.30 bits per heavy atom. The van der Waals surface area contributed by atoms with Crippen molar-refractivity contribution < 1.29 is 42.8 Å². The quantitative estimate of drug-likeness (QED) is 0.360. The largest absolute Gasteiger partial charge is 0.479 e. The van der Waals surface area contributed by atoms with E-state index in [0.29, 0.717) is 10.6 Å². The molecule has 2 rings (SSSR count). The van der Waals surface area contributed by atoms with Gasteiger partial charge in [-0.2, -0.15) is 13.2 Å². The first-order valence-corrected chi connectivity index (χ1v) is 10.2. The number of amides is 1. The van der Waals surface area contributed by atoms with Crippen LogP contribution < -0.4 is 5.32 Å². The van der Waals surface area contributed by atoms with Gasteiger partial charge in [0.15, 0.2) is 6.10 Å². The Morgan fingerprint density at radius 2 is 1.73 bits per heavy atom. The summed E-state index contributed by atoms with van der Waals surface area (Å²) in [6.07, 6.45) is -10.2. The summed E-state index contributed by atoms with van der Waals surface area (Å²) < 4.78 is 41.0. The number of carboxylic acids is 1. The fourth-order valence-corrected chi connectivity index (χ4v) is 3.17. The summed E-state index contributed by atoms with van der Waals surface area (Å²) in [6, 6.07) is 13.3. The van der Waals surface area contributed by atoms with Crippen molar-refractivity contribution in [1.82, 2.24) is 5.32 Å². The predicted molar refractivity (Wildman–Crippen MR) is 113 cm³/mol. The third-order valence-electron chi connectivity index (χ3n) is 4.62. The van der Waals surface area contributed by atoms with Gasteiger partial charge in [0.05, 0.1) is 13.0 Å². The maximum Gasteiger partial charge on any atom is 0.391 e. The molecule has 33 heavy (non-hydrogen) atoms. The van der Waals surface area contributed by atoms with E-state index in [1.807, 2.05) is 6.07 Å². The summed E-state index contributed by atoms with van der Waals surface area (Å²) in [5.41, 5.74) is 2.41. The number of aliphatic carboxylic acids is 1. The second-order valence-electron chi connectivity index (χ2n) is 7.29. The first kappa shape index (κ1) is 26.6. The molecular weight excluding hydrogens is 467 g/mol. The number of alkyl halides is 3. The summed E-state index contributed by atoms with van der Waals surface area (Å²) in [4.78, 5) is 23.1. The molecule has 1 amide bonds. The van der Waals surface area contributed by atoms with E-state index >= 15 is 0 Å². The number of hydrogen-bond acceptors (Lipinski definition) is 5. The lowest BCUT2D eigenvalue weighted by atomic mass is 9.98. The van der Waals surface area contributed by atoms with Crippen LogP contribution in [0.25, 0.3) is 11.1 Å². The number of halogens is 4. The fraction of sp³-hybridized carbons (Fsp3) is 0.364. The molecule has 0 aliphatic rings. The van der Waals surface area contributed by atoms with Crippen molar-refractivity contribution in [2.24, 2.45) is 0 Å². The van der Waals surface area contributed by atoms with E-state index in [1.165, 1.54) is 0 Å². The van der Waals surface area contributed by atoms with Gasteiger partial charge in [-0.15, -0.1) is 0 Å². The average Bonchev–Trinajstić information content (AvgIpc) is 2.73. The zero-order valence-electron chi connectivity index (χ0n) is 17.3. The van der Waals surface area contributed by atoms with Crippen LogP contribution in [0.3, 0.4) is 0 Å². The highest BCUT2D eigenvalue weighted by atomic mass is 35.5. The van der Waals surface area contributed by atoms with Crippen molar-refractivity contribution >= 4 is 23.5 Å². The molecule has 0 radical (unpaired) electrons. The van der Waals surface area contributed by atoms with Gasteiger partial charge in [0, 0.05) is 17.5 Å². The zero-order chi connectivity index (χ0) is 24.6. The summed E-state index contributed by atoms with van der Waals surface area (Å²) in [5, 5.41) is 31.2. The highest BCUT2D eigenvalue weighted by Crippen LogP contribution is 2.24. The Kier molecular flexibility index (Phi) is 9.66. The van der Waals surface area contributed by atoms with E-state index in [2.05, 4.69) is 10.1 Å². The molecule has 0 saturated carbocycles. The molecule has 0 bridgehead atoms. The van der Waals surface area contributed by atoms with Crippen LogP contribution in [0.2, 0.25) is 5.02 Å². The second-order valence-corrected chi connectivity index (χ2v) is 7.73. The molecule has 0 aliphatic heterocycles. The van der Waals surface area contributed by atoms with E-state index in [0.717, 1.165) is 11.1 Å². The van der Waals surface area contributed by atoms with Gasteiger partial charge in [0.2, 0.25) is 6.29 Å². The van der Waals surface area contributed by atoms with E-state index in [-0.39, 0.29) is 6.42 Å². The molecule has 2 aromatic rings. The van der Waals surface area contributed by atoms with Gasteiger partial charge in [0.25, 0.3) is 5.91 Å². The first-order chi connectivity index (χ1) is 15.4. The van der Waals surface area contributed by atoms with Crippen LogP contribution in [-0.2, 0) is 20.7 Å².